The number of rotatable bonds is 2. The molecule has 2 nitrogen and oxygen atoms in total. The molecular formula is C15H12N2-2. The highest BCUT2D eigenvalue weighted by molar-refractivity contribution is 5.25. The van der Waals surface area contributed by atoms with Crippen LogP contribution < -0.4 is 0 Å². The zero-order valence-electron chi connectivity index (χ0n) is 9.38. The fraction of sp³-hybridized carbons (Fsp3) is 0.0667. The van der Waals surface area contributed by atoms with E-state index in [0.717, 1.165) is 6.42 Å². The third-order valence-electron chi connectivity index (χ3n) is 2.09. The van der Waals surface area contributed by atoms with Gasteiger partial charge in [-0.05, 0) is 17.5 Å². The standard InChI is InChI=1S/C13H12.2CN/c1-3-7-12(8-4-1)11-13-9-5-2-6-10-13;2*1-2/h1-10H,11H2;;/q;2*-1. The van der Waals surface area contributed by atoms with Crippen LogP contribution in [0.5, 0.6) is 0 Å². The molecule has 0 unspecified atom stereocenters. The summed E-state index contributed by atoms with van der Waals surface area (Å²) in [5, 5.41) is 12.5. The van der Waals surface area contributed by atoms with Gasteiger partial charge in [-0.3, -0.25) is 0 Å². The average Bonchev–Trinajstić information content (AvgIpc) is 2.45. The molecule has 84 valence electrons. The lowest BCUT2D eigenvalue weighted by Crippen LogP contribution is -1.85. The van der Waals surface area contributed by atoms with Crippen LogP contribution in [0.15, 0.2) is 60.7 Å². The first-order valence-electron chi connectivity index (χ1n) is 4.98. The third-order valence-corrected chi connectivity index (χ3v) is 2.09. The summed E-state index contributed by atoms with van der Waals surface area (Å²) in [6.07, 6.45) is 1.03. The summed E-state index contributed by atoms with van der Waals surface area (Å²) >= 11 is 0. The molecule has 0 aliphatic carbocycles. The van der Waals surface area contributed by atoms with Gasteiger partial charge >= 0.3 is 0 Å². The van der Waals surface area contributed by atoms with Crippen molar-refractivity contribution in [1.29, 1.82) is 10.5 Å². The van der Waals surface area contributed by atoms with Crippen LogP contribution in [0.2, 0.25) is 0 Å². The predicted molar refractivity (Wildman–Crippen MR) is 65.6 cm³/mol. The lowest BCUT2D eigenvalue weighted by molar-refractivity contribution is 1.19. The molecule has 0 aliphatic rings. The Hall–Kier alpha value is -2.58. The molecule has 2 heteroatoms. The minimum Gasteiger partial charge on any atom is -0.512 e. The van der Waals surface area contributed by atoms with Crippen LogP contribution in [-0.4, -0.2) is 0 Å². The highest BCUT2D eigenvalue weighted by atomic mass is 14.2. The Morgan fingerprint density at radius 1 is 0.588 bits per heavy atom. The first-order valence-corrected chi connectivity index (χ1v) is 4.98. The summed E-state index contributed by atoms with van der Waals surface area (Å²) in [6, 6.07) is 21.1. The van der Waals surface area contributed by atoms with Crippen molar-refractivity contribution in [3.05, 3.63) is 84.9 Å². The van der Waals surface area contributed by atoms with Crippen molar-refractivity contribution < 1.29 is 0 Å². The monoisotopic (exact) mass is 220 g/mol. The van der Waals surface area contributed by atoms with E-state index in [9.17, 15) is 0 Å². The molecule has 0 radical (unpaired) electrons. The van der Waals surface area contributed by atoms with E-state index in [1.165, 1.54) is 11.1 Å². The van der Waals surface area contributed by atoms with Crippen molar-refractivity contribution in [3.8, 4) is 0 Å². The van der Waals surface area contributed by atoms with E-state index < -0.39 is 0 Å². The van der Waals surface area contributed by atoms with Gasteiger partial charge in [0, 0.05) is 0 Å². The van der Waals surface area contributed by atoms with Crippen molar-refractivity contribution in [2.45, 2.75) is 6.42 Å². The van der Waals surface area contributed by atoms with Crippen molar-refractivity contribution in [2.75, 3.05) is 0 Å². The Morgan fingerprint density at radius 2 is 0.882 bits per heavy atom. The number of hydrogen-bond acceptors (Lipinski definition) is 2. The van der Waals surface area contributed by atoms with E-state index in [1.54, 1.807) is 0 Å². The minimum atomic E-state index is 1.03. The molecule has 0 fully saturated rings. The molecule has 2 aromatic rings. The van der Waals surface area contributed by atoms with Gasteiger partial charge < -0.3 is 23.7 Å². The van der Waals surface area contributed by atoms with E-state index in [2.05, 4.69) is 60.7 Å². The fourth-order valence-electron chi connectivity index (χ4n) is 1.43. The average molecular weight is 220 g/mol. The Labute approximate surface area is 102 Å². The normalized spacial score (nSPS) is 7.76. The van der Waals surface area contributed by atoms with Crippen LogP contribution in [0.25, 0.3) is 0 Å². The Balaban J connectivity index is 0.000000581. The molecule has 0 aliphatic heterocycles. The van der Waals surface area contributed by atoms with Gasteiger partial charge in [0.15, 0.2) is 0 Å². The van der Waals surface area contributed by atoms with Gasteiger partial charge in [0.2, 0.25) is 0 Å². The molecule has 2 rings (SSSR count). The molecule has 0 aromatic heterocycles. The molecule has 0 saturated heterocycles. The maximum absolute atomic E-state index is 6.25. The number of hydrogen-bond donors (Lipinski definition) is 0. The van der Waals surface area contributed by atoms with Crippen LogP contribution in [-0.2, 0) is 6.42 Å². The molecule has 0 N–H and O–H groups in total. The molecule has 0 atom stereocenters. The quantitative estimate of drug-likeness (QED) is 0.727. The first kappa shape index (κ1) is 14.4. The number of benzene rings is 2. The van der Waals surface area contributed by atoms with E-state index in [0.29, 0.717) is 0 Å². The van der Waals surface area contributed by atoms with Crippen molar-refractivity contribution in [3.63, 3.8) is 0 Å². The second-order valence-corrected chi connectivity index (χ2v) is 3.15. The molecule has 0 amide bonds. The van der Waals surface area contributed by atoms with Gasteiger partial charge in [0.25, 0.3) is 0 Å². The van der Waals surface area contributed by atoms with Crippen molar-refractivity contribution in [1.82, 2.24) is 0 Å². The molecule has 0 saturated carbocycles. The zero-order chi connectivity index (χ0) is 12.9. The van der Waals surface area contributed by atoms with Gasteiger partial charge in [0.1, 0.15) is 0 Å². The first-order chi connectivity index (χ1) is 8.45. The second-order valence-electron chi connectivity index (χ2n) is 3.15. The number of nitrogens with zero attached hydrogens (tertiary/aromatic N) is 2. The van der Waals surface area contributed by atoms with E-state index >= 15 is 0 Å². The molecule has 2 aromatic carbocycles. The van der Waals surface area contributed by atoms with Crippen molar-refractivity contribution in [2.24, 2.45) is 0 Å². The maximum Gasteiger partial charge on any atom is -0.00258 e. The van der Waals surface area contributed by atoms with Gasteiger partial charge in [-0.2, -0.15) is 0 Å². The van der Waals surface area contributed by atoms with Crippen LogP contribution in [0.1, 0.15) is 11.1 Å². The Morgan fingerprint density at radius 3 is 1.18 bits per heavy atom. The summed E-state index contributed by atoms with van der Waals surface area (Å²) in [4.78, 5) is 0. The van der Waals surface area contributed by atoms with Crippen molar-refractivity contribution >= 4 is 0 Å². The van der Waals surface area contributed by atoms with Gasteiger partial charge in [-0.1, -0.05) is 60.7 Å². The molecular weight excluding hydrogens is 208 g/mol. The molecule has 0 heterocycles. The lowest BCUT2D eigenvalue weighted by atomic mass is 10.1. The summed E-state index contributed by atoms with van der Waals surface area (Å²) in [6.45, 7) is 9.50. The van der Waals surface area contributed by atoms with Crippen LogP contribution >= 0.6 is 0 Å². The highest BCUT2D eigenvalue weighted by Gasteiger charge is 1.92. The lowest BCUT2D eigenvalue weighted by Gasteiger charge is -2.00. The predicted octanol–water partition coefficient (Wildman–Crippen LogP) is 3.47. The second kappa shape index (κ2) is 9.96. The van der Waals surface area contributed by atoms with Crippen LogP contribution in [0.4, 0.5) is 0 Å². The molecule has 17 heavy (non-hydrogen) atoms. The Kier molecular flexibility index (Phi) is 8.44. The zero-order valence-corrected chi connectivity index (χ0v) is 9.38. The topological polar surface area (TPSA) is 47.6 Å². The third kappa shape index (κ3) is 5.77. The summed E-state index contributed by atoms with van der Waals surface area (Å²) < 4.78 is 0. The van der Waals surface area contributed by atoms with E-state index in [-0.39, 0.29) is 0 Å². The maximum atomic E-state index is 6.25. The van der Waals surface area contributed by atoms with Crippen LogP contribution in [0, 0.1) is 23.7 Å². The summed E-state index contributed by atoms with van der Waals surface area (Å²) in [5.74, 6) is 0. The van der Waals surface area contributed by atoms with Crippen LogP contribution in [0.3, 0.4) is 0 Å². The van der Waals surface area contributed by atoms with Gasteiger partial charge in [-0.25, -0.2) is 0 Å². The Bertz CT molecular complexity index is 386. The van der Waals surface area contributed by atoms with Gasteiger partial charge in [0.05, 0.1) is 0 Å². The largest absolute Gasteiger partial charge is 0.512 e. The highest BCUT2D eigenvalue weighted by Crippen LogP contribution is 2.07. The SMILES string of the molecule is [C-]#N.[C-]#N.c1ccc(Cc2ccccc2)cc1. The van der Waals surface area contributed by atoms with Gasteiger partial charge in [-0.15, -0.1) is 0 Å². The van der Waals surface area contributed by atoms with E-state index in [4.69, 9.17) is 23.7 Å². The molecule has 0 spiro atoms. The minimum absolute atomic E-state index is 1.03. The fourth-order valence-corrected chi connectivity index (χ4v) is 1.43. The molecule has 0 bridgehead atoms. The smallest absolute Gasteiger partial charge is 0.00258 e. The summed E-state index contributed by atoms with van der Waals surface area (Å²) in [7, 11) is 0. The van der Waals surface area contributed by atoms with E-state index in [1.807, 2.05) is 0 Å². The summed E-state index contributed by atoms with van der Waals surface area (Å²) in [5.41, 5.74) is 2.74.